The van der Waals surface area contributed by atoms with E-state index in [1.807, 2.05) is 12.1 Å². The molecule has 94 valence electrons. The molecule has 3 N–H and O–H groups in total. The summed E-state index contributed by atoms with van der Waals surface area (Å²) in [4.78, 5) is 15.8. The van der Waals surface area contributed by atoms with E-state index >= 15 is 0 Å². The van der Waals surface area contributed by atoms with Gasteiger partial charge in [0, 0.05) is 23.1 Å². The number of carbonyl (C=O) groups is 1. The summed E-state index contributed by atoms with van der Waals surface area (Å²) in [5.74, 6) is 0.327. The highest BCUT2D eigenvalue weighted by molar-refractivity contribution is 9.10. The summed E-state index contributed by atoms with van der Waals surface area (Å²) in [6.07, 6.45) is 1.92. The number of halogens is 1. The fourth-order valence-electron chi connectivity index (χ4n) is 1.38. The summed E-state index contributed by atoms with van der Waals surface area (Å²) >= 11 is 3.32. The zero-order valence-electron chi connectivity index (χ0n) is 9.52. The fourth-order valence-corrected chi connectivity index (χ4v) is 1.64. The Morgan fingerprint density at radius 2 is 2.11 bits per heavy atom. The van der Waals surface area contributed by atoms with Crippen molar-refractivity contribution >= 4 is 27.5 Å². The van der Waals surface area contributed by atoms with Crippen LogP contribution in [0.15, 0.2) is 39.4 Å². The van der Waals surface area contributed by atoms with E-state index in [2.05, 4.69) is 26.2 Å². The average molecular weight is 310 g/mol. The largest absolute Gasteiger partial charge is 0.435 e. The maximum Gasteiger partial charge on any atom is 0.293 e. The Hall–Kier alpha value is -1.66. The van der Waals surface area contributed by atoms with E-state index in [0.29, 0.717) is 24.5 Å². The molecule has 0 bridgehead atoms. The minimum atomic E-state index is -0.326. The van der Waals surface area contributed by atoms with Gasteiger partial charge in [-0.25, -0.2) is 4.98 Å². The zero-order chi connectivity index (χ0) is 13.0. The van der Waals surface area contributed by atoms with Gasteiger partial charge in [-0.05, 0) is 24.3 Å². The molecule has 0 aliphatic carbocycles. The number of anilines is 1. The van der Waals surface area contributed by atoms with Gasteiger partial charge in [0.15, 0.2) is 5.89 Å². The highest BCUT2D eigenvalue weighted by atomic mass is 79.9. The molecule has 0 radical (unpaired) electrons. The van der Waals surface area contributed by atoms with Crippen molar-refractivity contribution in [3.63, 3.8) is 0 Å². The van der Waals surface area contributed by atoms with E-state index in [-0.39, 0.29) is 11.7 Å². The molecule has 0 saturated carbocycles. The molecule has 0 unspecified atom stereocenters. The number of amides is 1. The van der Waals surface area contributed by atoms with Crippen LogP contribution in [-0.2, 0) is 6.42 Å². The van der Waals surface area contributed by atoms with Gasteiger partial charge in [-0.2, -0.15) is 0 Å². The van der Waals surface area contributed by atoms with Crippen molar-refractivity contribution in [3.05, 3.63) is 46.6 Å². The van der Waals surface area contributed by atoms with Gasteiger partial charge in [-0.15, -0.1) is 0 Å². The molecule has 0 aliphatic heterocycles. The molecule has 1 heterocycles. The highest BCUT2D eigenvalue weighted by Gasteiger charge is 2.12. The van der Waals surface area contributed by atoms with Crippen LogP contribution in [0.2, 0.25) is 0 Å². The van der Waals surface area contributed by atoms with Crippen molar-refractivity contribution in [3.8, 4) is 0 Å². The maximum absolute atomic E-state index is 11.8. The van der Waals surface area contributed by atoms with E-state index in [4.69, 9.17) is 10.2 Å². The second-order valence-corrected chi connectivity index (χ2v) is 4.53. The maximum atomic E-state index is 11.8. The van der Waals surface area contributed by atoms with Crippen LogP contribution in [0.5, 0.6) is 0 Å². The van der Waals surface area contributed by atoms with E-state index in [1.54, 1.807) is 12.1 Å². The summed E-state index contributed by atoms with van der Waals surface area (Å²) < 4.78 is 6.22. The third-order valence-corrected chi connectivity index (χ3v) is 2.77. The summed E-state index contributed by atoms with van der Waals surface area (Å²) in [5, 5.41) is 2.72. The molecule has 1 amide bonds. The lowest BCUT2D eigenvalue weighted by molar-refractivity contribution is 0.0995. The lowest BCUT2D eigenvalue weighted by atomic mass is 10.3. The lowest BCUT2D eigenvalue weighted by Gasteiger charge is -2.02. The van der Waals surface area contributed by atoms with Gasteiger partial charge < -0.3 is 15.5 Å². The number of nitrogens with two attached hydrogens (primary N) is 1. The Balaban J connectivity index is 2.04. The number of hydrogen-bond acceptors (Lipinski definition) is 4. The summed E-state index contributed by atoms with van der Waals surface area (Å²) in [5.41, 5.74) is 6.07. The molecule has 1 aromatic heterocycles. The van der Waals surface area contributed by atoms with Crippen molar-refractivity contribution in [2.75, 3.05) is 11.9 Å². The van der Waals surface area contributed by atoms with Crippen LogP contribution in [0.1, 0.15) is 16.4 Å². The first-order valence-corrected chi connectivity index (χ1v) is 6.20. The van der Waals surface area contributed by atoms with Gasteiger partial charge >= 0.3 is 0 Å². The molecule has 0 spiro atoms. The summed E-state index contributed by atoms with van der Waals surface area (Å²) in [6, 6.07) is 7.27. The number of nitrogens with one attached hydrogen (secondary N) is 1. The molecule has 0 saturated heterocycles. The molecule has 5 nitrogen and oxygen atoms in total. The van der Waals surface area contributed by atoms with Crippen LogP contribution in [0.25, 0.3) is 0 Å². The molecule has 6 heteroatoms. The summed E-state index contributed by atoms with van der Waals surface area (Å²) in [7, 11) is 0. The van der Waals surface area contributed by atoms with Gasteiger partial charge in [-0.3, -0.25) is 4.79 Å². The first kappa shape index (κ1) is 12.8. The second-order valence-electron chi connectivity index (χ2n) is 3.62. The van der Waals surface area contributed by atoms with Crippen molar-refractivity contribution in [2.45, 2.75) is 6.42 Å². The van der Waals surface area contributed by atoms with Crippen LogP contribution >= 0.6 is 15.9 Å². The monoisotopic (exact) mass is 309 g/mol. The van der Waals surface area contributed by atoms with Crippen LogP contribution < -0.4 is 11.1 Å². The number of nitrogens with zero attached hydrogens (tertiary/aromatic N) is 1. The predicted molar refractivity (Wildman–Crippen MR) is 71.4 cm³/mol. The standard InChI is InChI=1S/C12H12BrN3O2/c13-8-1-3-9(4-2-8)16-12(17)10-7-15-11(18-10)5-6-14/h1-4,7H,5-6,14H2,(H,16,17). The molecular weight excluding hydrogens is 298 g/mol. The highest BCUT2D eigenvalue weighted by Crippen LogP contribution is 2.15. The Morgan fingerprint density at radius 3 is 2.78 bits per heavy atom. The topological polar surface area (TPSA) is 81.1 Å². The van der Waals surface area contributed by atoms with Gasteiger partial charge in [0.05, 0.1) is 6.20 Å². The first-order chi connectivity index (χ1) is 8.69. The molecule has 2 rings (SSSR count). The number of rotatable bonds is 4. The van der Waals surface area contributed by atoms with Gasteiger partial charge in [0.2, 0.25) is 5.76 Å². The van der Waals surface area contributed by atoms with E-state index in [1.165, 1.54) is 6.20 Å². The van der Waals surface area contributed by atoms with Gasteiger partial charge in [0.1, 0.15) is 0 Å². The normalized spacial score (nSPS) is 10.3. The van der Waals surface area contributed by atoms with Crippen LogP contribution in [-0.4, -0.2) is 17.4 Å². The molecule has 0 atom stereocenters. The van der Waals surface area contributed by atoms with E-state index in [0.717, 1.165) is 4.47 Å². The molecule has 2 aromatic rings. The third-order valence-electron chi connectivity index (χ3n) is 2.24. The van der Waals surface area contributed by atoms with E-state index in [9.17, 15) is 4.79 Å². The van der Waals surface area contributed by atoms with Gasteiger partial charge in [0.25, 0.3) is 5.91 Å². The number of carbonyl (C=O) groups excluding carboxylic acids is 1. The van der Waals surface area contributed by atoms with Crippen molar-refractivity contribution in [1.29, 1.82) is 0 Å². The Labute approximate surface area is 113 Å². The number of aromatic nitrogens is 1. The van der Waals surface area contributed by atoms with Crippen LogP contribution in [0, 0.1) is 0 Å². The van der Waals surface area contributed by atoms with E-state index < -0.39 is 0 Å². The van der Waals surface area contributed by atoms with Crippen molar-refractivity contribution in [2.24, 2.45) is 5.73 Å². The lowest BCUT2D eigenvalue weighted by Crippen LogP contribution is -2.10. The van der Waals surface area contributed by atoms with Crippen molar-refractivity contribution in [1.82, 2.24) is 4.98 Å². The number of benzene rings is 1. The molecule has 1 aromatic carbocycles. The minimum absolute atomic E-state index is 0.182. The second kappa shape index (κ2) is 5.79. The Kier molecular flexibility index (Phi) is 4.11. The number of oxazole rings is 1. The molecule has 18 heavy (non-hydrogen) atoms. The molecule has 0 fully saturated rings. The predicted octanol–water partition coefficient (Wildman–Crippen LogP) is 2.19. The molecule has 0 aliphatic rings. The Morgan fingerprint density at radius 1 is 1.39 bits per heavy atom. The third kappa shape index (κ3) is 3.18. The fraction of sp³-hybridized carbons (Fsp3) is 0.167. The van der Waals surface area contributed by atoms with Gasteiger partial charge in [-0.1, -0.05) is 15.9 Å². The zero-order valence-corrected chi connectivity index (χ0v) is 11.1. The molecular formula is C12H12BrN3O2. The smallest absolute Gasteiger partial charge is 0.293 e. The quantitative estimate of drug-likeness (QED) is 0.907. The summed E-state index contributed by atoms with van der Waals surface area (Å²) in [6.45, 7) is 0.439. The SMILES string of the molecule is NCCc1ncc(C(=O)Nc2ccc(Br)cc2)o1. The van der Waals surface area contributed by atoms with Crippen molar-refractivity contribution < 1.29 is 9.21 Å². The van der Waals surface area contributed by atoms with Crippen LogP contribution in [0.4, 0.5) is 5.69 Å². The van der Waals surface area contributed by atoms with Crippen LogP contribution in [0.3, 0.4) is 0 Å². The first-order valence-electron chi connectivity index (χ1n) is 5.41. The number of hydrogen-bond donors (Lipinski definition) is 2. The Bertz CT molecular complexity index is 537. The average Bonchev–Trinajstić information content (AvgIpc) is 2.81. The minimum Gasteiger partial charge on any atom is -0.435 e.